The van der Waals surface area contributed by atoms with Crippen molar-refractivity contribution in [3.05, 3.63) is 64.5 Å². The third-order valence-corrected chi connectivity index (χ3v) is 3.51. The Hall–Kier alpha value is -3.66. The van der Waals surface area contributed by atoms with Crippen molar-refractivity contribution >= 4 is 23.3 Å². The normalized spacial score (nSPS) is 11.2. The minimum absolute atomic E-state index is 0.0199. The van der Waals surface area contributed by atoms with Gasteiger partial charge in [0.2, 0.25) is 0 Å². The first kappa shape index (κ1) is 17.7. The van der Waals surface area contributed by atoms with Crippen molar-refractivity contribution in [1.29, 1.82) is 5.26 Å². The summed E-state index contributed by atoms with van der Waals surface area (Å²) in [6.07, 6.45) is 1.16. The van der Waals surface area contributed by atoms with Crippen molar-refractivity contribution < 1.29 is 14.7 Å². The van der Waals surface area contributed by atoms with E-state index >= 15 is 0 Å². The predicted molar refractivity (Wildman–Crippen MR) is 92.5 cm³/mol. The standard InChI is InChI=1S/C18H16N4O3/c1-10-7-12(3-4-13(10)8-19)16(11(2)20)17(23)22-15-6-5-14(9-21-15)18(24)25/h3-7,9H,20H2,1-2H3,(H,24,25)(H,21,22,23). The van der Waals surface area contributed by atoms with Gasteiger partial charge >= 0.3 is 5.97 Å². The molecule has 1 heterocycles. The molecule has 0 aliphatic carbocycles. The fourth-order valence-corrected chi connectivity index (χ4v) is 2.26. The second-order valence-electron chi connectivity index (χ2n) is 5.39. The summed E-state index contributed by atoms with van der Waals surface area (Å²) in [4.78, 5) is 27.3. The van der Waals surface area contributed by atoms with E-state index in [9.17, 15) is 9.59 Å². The van der Waals surface area contributed by atoms with Gasteiger partial charge in [-0.25, -0.2) is 9.78 Å². The minimum atomic E-state index is -1.10. The molecule has 0 unspecified atom stereocenters. The average Bonchev–Trinajstić information content (AvgIpc) is 2.55. The molecule has 1 aromatic heterocycles. The molecule has 0 spiro atoms. The molecule has 0 fully saturated rings. The Morgan fingerprint density at radius 1 is 1.24 bits per heavy atom. The van der Waals surface area contributed by atoms with Gasteiger partial charge in [-0.3, -0.25) is 4.79 Å². The lowest BCUT2D eigenvalue weighted by Gasteiger charge is -2.12. The molecule has 1 aromatic carbocycles. The lowest BCUT2D eigenvalue weighted by Crippen LogP contribution is -2.18. The number of nitrogens with one attached hydrogen (secondary N) is 1. The number of hydrogen-bond acceptors (Lipinski definition) is 5. The number of carboxylic acid groups (broad SMARTS) is 1. The molecule has 0 aliphatic rings. The van der Waals surface area contributed by atoms with Crippen LogP contribution in [0, 0.1) is 18.3 Å². The number of carbonyl (C=O) groups is 2. The van der Waals surface area contributed by atoms with Crippen LogP contribution in [0.4, 0.5) is 5.82 Å². The fraction of sp³-hybridized carbons (Fsp3) is 0.111. The molecular formula is C18H16N4O3. The molecule has 4 N–H and O–H groups in total. The zero-order valence-electron chi connectivity index (χ0n) is 13.7. The SMILES string of the molecule is CC(N)=C(C(=O)Nc1ccc(C(=O)O)cn1)c1ccc(C#N)c(C)c1. The summed E-state index contributed by atoms with van der Waals surface area (Å²) in [5.74, 6) is -1.37. The van der Waals surface area contributed by atoms with Crippen LogP contribution in [-0.4, -0.2) is 22.0 Å². The van der Waals surface area contributed by atoms with Gasteiger partial charge in [-0.05, 0) is 49.2 Å². The number of amides is 1. The van der Waals surface area contributed by atoms with Crippen LogP contribution in [0.15, 0.2) is 42.2 Å². The van der Waals surface area contributed by atoms with Crippen LogP contribution >= 0.6 is 0 Å². The number of aromatic carboxylic acids is 1. The number of nitrogens with two attached hydrogens (primary N) is 1. The summed E-state index contributed by atoms with van der Waals surface area (Å²) >= 11 is 0. The lowest BCUT2D eigenvalue weighted by atomic mass is 9.98. The maximum atomic E-state index is 12.6. The van der Waals surface area contributed by atoms with Gasteiger partial charge in [-0.1, -0.05) is 6.07 Å². The van der Waals surface area contributed by atoms with Gasteiger partial charge in [-0.15, -0.1) is 0 Å². The molecule has 0 saturated heterocycles. The second-order valence-corrected chi connectivity index (χ2v) is 5.39. The van der Waals surface area contributed by atoms with Crippen LogP contribution in [-0.2, 0) is 4.79 Å². The molecule has 2 aromatic rings. The highest BCUT2D eigenvalue weighted by Gasteiger charge is 2.16. The number of nitriles is 1. The van der Waals surface area contributed by atoms with Crippen LogP contribution in [0.25, 0.3) is 5.57 Å². The van der Waals surface area contributed by atoms with Gasteiger partial charge in [0.15, 0.2) is 0 Å². The number of anilines is 1. The van der Waals surface area contributed by atoms with E-state index in [1.54, 1.807) is 32.0 Å². The van der Waals surface area contributed by atoms with Crippen molar-refractivity contribution in [2.45, 2.75) is 13.8 Å². The first-order valence-corrected chi connectivity index (χ1v) is 7.31. The van der Waals surface area contributed by atoms with Crippen molar-refractivity contribution in [3.63, 3.8) is 0 Å². The average molecular weight is 336 g/mol. The summed E-state index contributed by atoms with van der Waals surface area (Å²) in [6.45, 7) is 3.37. The van der Waals surface area contributed by atoms with E-state index in [0.29, 0.717) is 16.8 Å². The van der Waals surface area contributed by atoms with E-state index in [-0.39, 0.29) is 17.0 Å². The van der Waals surface area contributed by atoms with E-state index in [4.69, 9.17) is 16.1 Å². The number of aryl methyl sites for hydroxylation is 1. The molecule has 7 nitrogen and oxygen atoms in total. The van der Waals surface area contributed by atoms with E-state index in [2.05, 4.69) is 16.4 Å². The first-order chi connectivity index (χ1) is 11.8. The topological polar surface area (TPSA) is 129 Å². The Morgan fingerprint density at radius 2 is 1.92 bits per heavy atom. The van der Waals surface area contributed by atoms with Gasteiger partial charge < -0.3 is 16.2 Å². The van der Waals surface area contributed by atoms with Crippen molar-refractivity contribution in [2.75, 3.05) is 5.32 Å². The molecule has 126 valence electrons. The molecule has 0 aliphatic heterocycles. The van der Waals surface area contributed by atoms with Crippen LogP contribution in [0.2, 0.25) is 0 Å². The smallest absolute Gasteiger partial charge is 0.337 e. The molecule has 1 amide bonds. The Labute approximate surface area is 144 Å². The molecule has 7 heteroatoms. The fourth-order valence-electron chi connectivity index (χ4n) is 2.26. The highest BCUT2D eigenvalue weighted by molar-refractivity contribution is 6.25. The van der Waals surface area contributed by atoms with Gasteiger partial charge in [0, 0.05) is 11.9 Å². The highest BCUT2D eigenvalue weighted by atomic mass is 16.4. The molecule has 25 heavy (non-hydrogen) atoms. The van der Waals surface area contributed by atoms with Gasteiger partial charge in [-0.2, -0.15) is 5.26 Å². The maximum absolute atomic E-state index is 12.6. The number of carboxylic acids is 1. The van der Waals surface area contributed by atoms with Gasteiger partial charge in [0.05, 0.1) is 22.8 Å². The molecule has 0 saturated carbocycles. The number of rotatable bonds is 4. The minimum Gasteiger partial charge on any atom is -0.478 e. The largest absolute Gasteiger partial charge is 0.478 e. The third kappa shape index (κ3) is 4.00. The monoisotopic (exact) mass is 336 g/mol. The number of pyridine rings is 1. The zero-order valence-corrected chi connectivity index (χ0v) is 13.7. The molecule has 0 bridgehead atoms. The summed E-state index contributed by atoms with van der Waals surface area (Å²) in [5, 5.41) is 20.5. The number of benzene rings is 1. The molecule has 2 rings (SSSR count). The molecule has 0 radical (unpaired) electrons. The number of carbonyl (C=O) groups excluding carboxylic acids is 1. The number of aromatic nitrogens is 1. The number of allylic oxidation sites excluding steroid dienone is 1. The van der Waals surface area contributed by atoms with Gasteiger partial charge in [0.1, 0.15) is 5.82 Å². The Bertz CT molecular complexity index is 905. The van der Waals surface area contributed by atoms with E-state index in [1.165, 1.54) is 12.1 Å². The number of hydrogen-bond donors (Lipinski definition) is 3. The van der Waals surface area contributed by atoms with Crippen LogP contribution in [0.3, 0.4) is 0 Å². The summed E-state index contributed by atoms with van der Waals surface area (Å²) in [7, 11) is 0. The van der Waals surface area contributed by atoms with Crippen molar-refractivity contribution in [3.8, 4) is 6.07 Å². The Morgan fingerprint density at radius 3 is 2.40 bits per heavy atom. The van der Waals surface area contributed by atoms with Crippen molar-refractivity contribution in [2.24, 2.45) is 5.73 Å². The summed E-state index contributed by atoms with van der Waals surface area (Å²) in [6, 6.07) is 9.80. The Balaban J connectivity index is 2.31. The summed E-state index contributed by atoms with van der Waals surface area (Å²) < 4.78 is 0. The van der Waals surface area contributed by atoms with E-state index in [1.807, 2.05) is 0 Å². The molecular weight excluding hydrogens is 320 g/mol. The lowest BCUT2D eigenvalue weighted by molar-refractivity contribution is -0.111. The third-order valence-electron chi connectivity index (χ3n) is 3.51. The second kappa shape index (κ2) is 7.27. The quantitative estimate of drug-likeness (QED) is 0.735. The summed E-state index contributed by atoms with van der Waals surface area (Å²) in [5.41, 5.74) is 8.28. The maximum Gasteiger partial charge on any atom is 0.337 e. The molecule has 0 atom stereocenters. The Kier molecular flexibility index (Phi) is 5.15. The first-order valence-electron chi connectivity index (χ1n) is 7.31. The van der Waals surface area contributed by atoms with Crippen LogP contribution in [0.1, 0.15) is 34.0 Å². The van der Waals surface area contributed by atoms with E-state index < -0.39 is 11.9 Å². The van der Waals surface area contributed by atoms with Gasteiger partial charge in [0.25, 0.3) is 5.91 Å². The number of nitrogens with zero attached hydrogens (tertiary/aromatic N) is 2. The zero-order chi connectivity index (χ0) is 18.6. The van der Waals surface area contributed by atoms with Crippen LogP contribution < -0.4 is 11.1 Å². The van der Waals surface area contributed by atoms with Crippen molar-refractivity contribution in [1.82, 2.24) is 4.98 Å². The van der Waals surface area contributed by atoms with E-state index in [0.717, 1.165) is 11.8 Å². The predicted octanol–water partition coefficient (Wildman–Crippen LogP) is 2.29. The van der Waals surface area contributed by atoms with Crippen LogP contribution in [0.5, 0.6) is 0 Å². The highest BCUT2D eigenvalue weighted by Crippen LogP contribution is 2.21.